The molecule has 0 unspecified atom stereocenters. The van der Waals surface area contributed by atoms with Crippen molar-refractivity contribution in [2.75, 3.05) is 23.4 Å². The Morgan fingerprint density at radius 2 is 1.65 bits per heavy atom. The second-order valence-corrected chi connectivity index (χ2v) is 7.73. The molecular weight excluding hydrogens is 386 g/mol. The summed E-state index contributed by atoms with van der Waals surface area (Å²) in [6, 6.07) is 26.1. The summed E-state index contributed by atoms with van der Waals surface area (Å²) in [4.78, 5) is 21.0. The van der Waals surface area contributed by atoms with Gasteiger partial charge in [-0.3, -0.25) is 9.69 Å². The number of ether oxygens (including phenoxy) is 1. The summed E-state index contributed by atoms with van der Waals surface area (Å²) in [6.07, 6.45) is 3.96. The molecule has 0 N–H and O–H groups in total. The Morgan fingerprint density at radius 3 is 2.32 bits per heavy atom. The Kier molecular flexibility index (Phi) is 5.00. The van der Waals surface area contributed by atoms with Crippen molar-refractivity contribution in [1.29, 1.82) is 0 Å². The number of rotatable bonds is 3. The van der Waals surface area contributed by atoms with Gasteiger partial charge in [0.15, 0.2) is 5.76 Å². The van der Waals surface area contributed by atoms with E-state index in [0.717, 1.165) is 36.3 Å². The quantitative estimate of drug-likeness (QED) is 0.561. The maximum absolute atomic E-state index is 12.7. The fraction of sp³-hybridized carbons (Fsp3) is 0.154. The highest BCUT2D eigenvalue weighted by Crippen LogP contribution is 2.31. The van der Waals surface area contributed by atoms with E-state index in [1.165, 1.54) is 11.3 Å². The van der Waals surface area contributed by atoms with Crippen LogP contribution in [0.25, 0.3) is 6.08 Å². The standard InChI is InChI=1S/C26H23N3O2/c1-28-16-8-9-20-17-19(14-15-23(20)28)18-24-25(30)27-26(31-24)29(21-10-4-2-5-11-21)22-12-6-3-7-13-22/h2-7,10-15,17-18H,8-9,16H2,1H3/b24-18+. The van der Waals surface area contributed by atoms with Gasteiger partial charge in [0.05, 0.1) is 11.4 Å². The van der Waals surface area contributed by atoms with Gasteiger partial charge in [0, 0.05) is 19.3 Å². The maximum atomic E-state index is 12.7. The zero-order valence-electron chi connectivity index (χ0n) is 17.4. The predicted octanol–water partition coefficient (Wildman–Crippen LogP) is 5.16. The van der Waals surface area contributed by atoms with Gasteiger partial charge in [-0.2, -0.15) is 4.99 Å². The Morgan fingerprint density at radius 1 is 0.968 bits per heavy atom. The minimum atomic E-state index is -0.373. The predicted molar refractivity (Wildman–Crippen MR) is 125 cm³/mol. The third-order valence-electron chi connectivity index (χ3n) is 5.58. The van der Waals surface area contributed by atoms with Gasteiger partial charge >= 0.3 is 11.9 Å². The van der Waals surface area contributed by atoms with Crippen LogP contribution in [0.1, 0.15) is 17.5 Å². The number of amides is 1. The summed E-state index contributed by atoms with van der Waals surface area (Å²) in [7, 11) is 2.11. The second-order valence-electron chi connectivity index (χ2n) is 7.73. The first-order valence-electron chi connectivity index (χ1n) is 10.5. The molecule has 0 aliphatic carbocycles. The minimum absolute atomic E-state index is 0.232. The Bertz CT molecular complexity index is 1130. The Balaban J connectivity index is 1.46. The van der Waals surface area contributed by atoms with Crippen molar-refractivity contribution in [3.8, 4) is 0 Å². The van der Waals surface area contributed by atoms with Crippen LogP contribution in [-0.4, -0.2) is 25.5 Å². The van der Waals surface area contributed by atoms with Gasteiger partial charge in [-0.25, -0.2) is 0 Å². The van der Waals surface area contributed by atoms with E-state index >= 15 is 0 Å². The second kappa shape index (κ2) is 8.11. The third kappa shape index (κ3) is 3.82. The molecule has 2 aliphatic heterocycles. The third-order valence-corrected chi connectivity index (χ3v) is 5.58. The highest BCUT2D eigenvalue weighted by Gasteiger charge is 2.29. The molecule has 0 bridgehead atoms. The number of benzene rings is 3. The molecule has 1 amide bonds. The van der Waals surface area contributed by atoms with Crippen molar-refractivity contribution >= 4 is 35.1 Å². The molecular formula is C26H23N3O2. The van der Waals surface area contributed by atoms with Crippen LogP contribution in [0.3, 0.4) is 0 Å². The number of hydrogen-bond acceptors (Lipinski definition) is 4. The molecule has 3 aromatic carbocycles. The lowest BCUT2D eigenvalue weighted by molar-refractivity contribution is -0.115. The van der Waals surface area contributed by atoms with E-state index in [0.29, 0.717) is 0 Å². The summed E-state index contributed by atoms with van der Waals surface area (Å²) in [5.41, 5.74) is 5.24. The zero-order chi connectivity index (χ0) is 21.2. The highest BCUT2D eigenvalue weighted by molar-refractivity contribution is 6.14. The molecule has 0 spiro atoms. The van der Waals surface area contributed by atoms with Gasteiger partial charge in [0.25, 0.3) is 0 Å². The Hall–Kier alpha value is -3.86. The summed E-state index contributed by atoms with van der Waals surface area (Å²) in [5, 5.41) is 0. The van der Waals surface area contributed by atoms with Crippen molar-refractivity contribution in [3.63, 3.8) is 0 Å². The topological polar surface area (TPSA) is 45.1 Å². The molecule has 2 aliphatic rings. The van der Waals surface area contributed by atoms with E-state index in [1.807, 2.05) is 71.6 Å². The van der Waals surface area contributed by atoms with E-state index in [-0.39, 0.29) is 17.7 Å². The number of aliphatic imine (C=N–C) groups is 1. The smallest absolute Gasteiger partial charge is 0.317 e. The molecule has 0 saturated heterocycles. The minimum Gasteiger partial charge on any atom is -0.419 e. The molecule has 5 heteroatoms. The number of aryl methyl sites for hydroxylation is 1. The van der Waals surface area contributed by atoms with Crippen LogP contribution < -0.4 is 9.80 Å². The van der Waals surface area contributed by atoms with Gasteiger partial charge in [0.2, 0.25) is 0 Å². The van der Waals surface area contributed by atoms with Gasteiger partial charge in [0.1, 0.15) is 0 Å². The summed E-state index contributed by atoms with van der Waals surface area (Å²) < 4.78 is 5.99. The molecule has 31 heavy (non-hydrogen) atoms. The van der Waals surface area contributed by atoms with Gasteiger partial charge in [-0.05, 0) is 66.4 Å². The largest absolute Gasteiger partial charge is 0.419 e. The maximum Gasteiger partial charge on any atom is 0.317 e. The van der Waals surface area contributed by atoms with Crippen LogP contribution >= 0.6 is 0 Å². The molecule has 5 nitrogen and oxygen atoms in total. The first-order chi connectivity index (χ1) is 15.2. The van der Waals surface area contributed by atoms with Crippen LogP contribution in [0.15, 0.2) is 89.6 Å². The normalized spacial score (nSPS) is 16.7. The van der Waals surface area contributed by atoms with E-state index < -0.39 is 0 Å². The molecule has 0 atom stereocenters. The van der Waals surface area contributed by atoms with Crippen molar-refractivity contribution in [1.82, 2.24) is 0 Å². The summed E-state index contributed by atoms with van der Waals surface area (Å²) >= 11 is 0. The van der Waals surface area contributed by atoms with Crippen molar-refractivity contribution in [3.05, 3.63) is 95.7 Å². The summed E-state index contributed by atoms with van der Waals surface area (Å²) in [6.45, 7) is 1.07. The zero-order valence-corrected chi connectivity index (χ0v) is 17.4. The van der Waals surface area contributed by atoms with E-state index in [1.54, 1.807) is 6.08 Å². The van der Waals surface area contributed by atoms with Gasteiger partial charge < -0.3 is 9.64 Å². The fourth-order valence-electron chi connectivity index (χ4n) is 4.06. The summed E-state index contributed by atoms with van der Waals surface area (Å²) in [5.74, 6) is -0.141. The molecule has 0 fully saturated rings. The van der Waals surface area contributed by atoms with Crippen LogP contribution in [0.5, 0.6) is 0 Å². The molecule has 154 valence electrons. The average Bonchev–Trinajstić information content (AvgIpc) is 3.15. The SMILES string of the molecule is CN1CCCc2cc(/C=C3/OC(N(c4ccccc4)c4ccccc4)=NC3=O)ccc21. The molecule has 0 aromatic heterocycles. The molecule has 2 heterocycles. The molecule has 3 aromatic rings. The van der Waals surface area contributed by atoms with Crippen molar-refractivity contribution in [2.24, 2.45) is 4.99 Å². The number of hydrogen-bond donors (Lipinski definition) is 0. The van der Waals surface area contributed by atoms with Crippen LogP contribution in [0.2, 0.25) is 0 Å². The van der Waals surface area contributed by atoms with E-state index in [2.05, 4.69) is 29.1 Å². The number of nitrogens with zero attached hydrogens (tertiary/aromatic N) is 3. The van der Waals surface area contributed by atoms with Gasteiger partial charge in [-0.1, -0.05) is 42.5 Å². The van der Waals surface area contributed by atoms with Crippen LogP contribution in [-0.2, 0) is 16.0 Å². The highest BCUT2D eigenvalue weighted by atomic mass is 16.5. The lowest BCUT2D eigenvalue weighted by Gasteiger charge is -2.27. The number of para-hydroxylation sites is 2. The number of carbonyl (C=O) groups is 1. The first-order valence-corrected chi connectivity index (χ1v) is 10.5. The fourth-order valence-corrected chi connectivity index (χ4v) is 4.06. The molecule has 5 rings (SSSR count). The average molecular weight is 409 g/mol. The van der Waals surface area contributed by atoms with Crippen LogP contribution in [0, 0.1) is 0 Å². The molecule has 0 saturated carbocycles. The lowest BCUT2D eigenvalue weighted by atomic mass is 9.99. The van der Waals surface area contributed by atoms with Crippen LogP contribution in [0.4, 0.5) is 17.1 Å². The number of amidine groups is 1. The number of anilines is 3. The van der Waals surface area contributed by atoms with Crippen molar-refractivity contribution < 1.29 is 9.53 Å². The van der Waals surface area contributed by atoms with E-state index in [9.17, 15) is 4.79 Å². The lowest BCUT2D eigenvalue weighted by Crippen LogP contribution is -2.25. The number of fused-ring (bicyclic) bond motifs is 1. The van der Waals surface area contributed by atoms with Gasteiger partial charge in [-0.15, -0.1) is 0 Å². The Labute approximate surface area is 181 Å². The number of carbonyl (C=O) groups excluding carboxylic acids is 1. The first kappa shape index (κ1) is 19.1. The van der Waals surface area contributed by atoms with Crippen molar-refractivity contribution in [2.45, 2.75) is 12.8 Å². The monoisotopic (exact) mass is 409 g/mol. The van der Waals surface area contributed by atoms with E-state index in [4.69, 9.17) is 4.74 Å². The molecule has 0 radical (unpaired) electrons.